The third kappa shape index (κ3) is 2.96. The second-order valence-electron chi connectivity index (χ2n) is 5.23. The molecule has 0 aliphatic heterocycles. The molecular weight excluding hydrogens is 328 g/mol. The van der Waals surface area contributed by atoms with E-state index in [2.05, 4.69) is 16.0 Å². The van der Waals surface area contributed by atoms with Gasteiger partial charge in [0, 0.05) is 35.3 Å². The van der Waals surface area contributed by atoms with Gasteiger partial charge in [-0.15, -0.1) is 22.7 Å². The standard InChI is InChI=1S/C16H14N4OS2/c1-9-7-23-16(18-9)12(5-17)15(21)14-4-11(6-20(14)3)13-8-22-10(2)19-13/h4,6-8,12H,1-3H3/t12-/m1/s1. The van der Waals surface area contributed by atoms with Gasteiger partial charge in [0.05, 0.1) is 22.5 Å². The van der Waals surface area contributed by atoms with E-state index in [4.69, 9.17) is 0 Å². The molecule has 0 N–H and O–H groups in total. The third-order valence-corrected chi connectivity index (χ3v) is 5.25. The lowest BCUT2D eigenvalue weighted by atomic mass is 10.0. The minimum atomic E-state index is -0.868. The van der Waals surface area contributed by atoms with Crippen LogP contribution in [0.3, 0.4) is 0 Å². The summed E-state index contributed by atoms with van der Waals surface area (Å²) in [6.45, 7) is 3.80. The summed E-state index contributed by atoms with van der Waals surface area (Å²) >= 11 is 2.91. The Hall–Kier alpha value is -2.30. The fraction of sp³-hybridized carbons (Fsp3) is 0.250. The number of Topliss-reactive ketones (excluding diaryl/α,β-unsaturated/α-hetero) is 1. The number of ketones is 1. The molecule has 7 heteroatoms. The lowest BCUT2D eigenvalue weighted by molar-refractivity contribution is 0.0971. The van der Waals surface area contributed by atoms with Crippen LogP contribution in [0.15, 0.2) is 23.0 Å². The van der Waals surface area contributed by atoms with E-state index in [1.165, 1.54) is 11.3 Å². The molecule has 0 aromatic carbocycles. The summed E-state index contributed by atoms with van der Waals surface area (Å²) in [5, 5.41) is 14.7. The largest absolute Gasteiger partial charge is 0.347 e. The van der Waals surface area contributed by atoms with E-state index in [-0.39, 0.29) is 5.78 Å². The molecule has 0 amide bonds. The predicted octanol–water partition coefficient (Wildman–Crippen LogP) is 3.71. The molecule has 116 valence electrons. The number of nitrogens with zero attached hydrogens (tertiary/aromatic N) is 4. The first-order valence-electron chi connectivity index (χ1n) is 6.94. The van der Waals surface area contributed by atoms with Crippen molar-refractivity contribution >= 4 is 28.5 Å². The van der Waals surface area contributed by atoms with E-state index in [0.717, 1.165) is 22.0 Å². The molecule has 3 heterocycles. The quantitative estimate of drug-likeness (QED) is 0.678. The van der Waals surface area contributed by atoms with E-state index in [1.54, 1.807) is 29.0 Å². The van der Waals surface area contributed by atoms with Crippen LogP contribution >= 0.6 is 22.7 Å². The van der Waals surface area contributed by atoms with Gasteiger partial charge in [0.25, 0.3) is 0 Å². The van der Waals surface area contributed by atoms with Crippen LogP contribution in [-0.4, -0.2) is 20.3 Å². The highest BCUT2D eigenvalue weighted by molar-refractivity contribution is 7.10. The SMILES string of the molecule is Cc1csc([C@H](C#N)C(=O)c2cc(-c3csc(C)n3)cn2C)n1. The molecule has 3 aromatic rings. The zero-order chi connectivity index (χ0) is 16.6. The highest BCUT2D eigenvalue weighted by atomic mass is 32.1. The maximum absolute atomic E-state index is 12.8. The first kappa shape index (κ1) is 15.6. The molecule has 0 saturated heterocycles. The van der Waals surface area contributed by atoms with Gasteiger partial charge in [0.1, 0.15) is 5.01 Å². The van der Waals surface area contributed by atoms with Gasteiger partial charge >= 0.3 is 0 Å². The van der Waals surface area contributed by atoms with Crippen molar-refractivity contribution in [3.63, 3.8) is 0 Å². The lowest BCUT2D eigenvalue weighted by Crippen LogP contribution is -2.14. The van der Waals surface area contributed by atoms with E-state index in [0.29, 0.717) is 10.7 Å². The number of hydrogen-bond donors (Lipinski definition) is 0. The van der Waals surface area contributed by atoms with Gasteiger partial charge in [-0.2, -0.15) is 5.26 Å². The van der Waals surface area contributed by atoms with Crippen LogP contribution in [0.2, 0.25) is 0 Å². The normalized spacial score (nSPS) is 12.1. The van der Waals surface area contributed by atoms with E-state index in [9.17, 15) is 10.1 Å². The second kappa shape index (κ2) is 6.07. The fourth-order valence-corrected chi connectivity index (χ4v) is 3.78. The highest BCUT2D eigenvalue weighted by Crippen LogP contribution is 2.28. The minimum absolute atomic E-state index is 0.234. The van der Waals surface area contributed by atoms with Crippen molar-refractivity contribution in [1.29, 1.82) is 5.26 Å². The first-order chi connectivity index (χ1) is 11.0. The molecule has 3 rings (SSSR count). The van der Waals surface area contributed by atoms with Gasteiger partial charge in [-0.05, 0) is 19.9 Å². The Kier molecular flexibility index (Phi) is 4.11. The Bertz CT molecular complexity index is 913. The molecule has 0 aliphatic carbocycles. The lowest BCUT2D eigenvalue weighted by Gasteiger charge is -2.05. The second-order valence-corrected chi connectivity index (χ2v) is 7.18. The average Bonchev–Trinajstić information content (AvgIpc) is 3.20. The number of nitriles is 1. The molecule has 0 saturated carbocycles. The summed E-state index contributed by atoms with van der Waals surface area (Å²) in [7, 11) is 1.80. The van der Waals surface area contributed by atoms with E-state index < -0.39 is 5.92 Å². The Morgan fingerprint density at radius 1 is 1.30 bits per heavy atom. The van der Waals surface area contributed by atoms with Crippen molar-refractivity contribution in [2.24, 2.45) is 7.05 Å². The molecule has 0 fully saturated rings. The summed E-state index contributed by atoms with van der Waals surface area (Å²) in [4.78, 5) is 21.5. The fourth-order valence-electron chi connectivity index (χ4n) is 2.32. The predicted molar refractivity (Wildman–Crippen MR) is 90.8 cm³/mol. The number of thiazole rings is 2. The molecule has 5 nitrogen and oxygen atoms in total. The Morgan fingerprint density at radius 2 is 2.09 bits per heavy atom. The Morgan fingerprint density at radius 3 is 2.65 bits per heavy atom. The van der Waals surface area contributed by atoms with Gasteiger partial charge in [-0.1, -0.05) is 0 Å². The van der Waals surface area contributed by atoms with Gasteiger partial charge in [-0.25, -0.2) is 9.97 Å². The van der Waals surface area contributed by atoms with Crippen LogP contribution in [0, 0.1) is 25.2 Å². The number of hydrogen-bond acceptors (Lipinski definition) is 6. The molecule has 0 bridgehead atoms. The van der Waals surface area contributed by atoms with Crippen molar-refractivity contribution in [3.05, 3.63) is 44.4 Å². The Balaban J connectivity index is 1.96. The van der Waals surface area contributed by atoms with E-state index >= 15 is 0 Å². The molecule has 1 atom stereocenters. The molecule has 0 unspecified atom stereocenters. The summed E-state index contributed by atoms with van der Waals surface area (Å²) in [5.74, 6) is -1.10. The van der Waals surface area contributed by atoms with Gasteiger partial charge in [-0.3, -0.25) is 4.79 Å². The summed E-state index contributed by atoms with van der Waals surface area (Å²) in [6.07, 6.45) is 1.86. The van der Waals surface area contributed by atoms with Crippen molar-refractivity contribution < 1.29 is 4.79 Å². The minimum Gasteiger partial charge on any atom is -0.347 e. The number of rotatable bonds is 4. The molecule has 0 aliphatic rings. The highest BCUT2D eigenvalue weighted by Gasteiger charge is 2.27. The van der Waals surface area contributed by atoms with E-state index in [1.807, 2.05) is 30.8 Å². The Labute approximate surface area is 141 Å². The molecular formula is C16H14N4OS2. The number of carbonyl (C=O) groups is 1. The van der Waals surface area contributed by atoms with Gasteiger partial charge < -0.3 is 4.57 Å². The van der Waals surface area contributed by atoms with Crippen molar-refractivity contribution in [3.8, 4) is 17.3 Å². The zero-order valence-corrected chi connectivity index (χ0v) is 14.5. The van der Waals surface area contributed by atoms with Crippen molar-refractivity contribution in [2.75, 3.05) is 0 Å². The van der Waals surface area contributed by atoms with Gasteiger partial charge in [0.15, 0.2) is 5.92 Å². The van der Waals surface area contributed by atoms with Crippen LogP contribution in [0.1, 0.15) is 32.1 Å². The topological polar surface area (TPSA) is 71.6 Å². The maximum atomic E-state index is 12.8. The summed E-state index contributed by atoms with van der Waals surface area (Å²) < 4.78 is 1.75. The third-order valence-electron chi connectivity index (χ3n) is 3.45. The van der Waals surface area contributed by atoms with Crippen LogP contribution < -0.4 is 0 Å². The average molecular weight is 342 g/mol. The van der Waals surface area contributed by atoms with Gasteiger partial charge in [0.2, 0.25) is 5.78 Å². The molecule has 23 heavy (non-hydrogen) atoms. The zero-order valence-electron chi connectivity index (χ0n) is 12.9. The molecule has 3 aromatic heterocycles. The maximum Gasteiger partial charge on any atom is 0.203 e. The number of carbonyl (C=O) groups excluding carboxylic acids is 1. The smallest absolute Gasteiger partial charge is 0.203 e. The number of aryl methyl sites for hydroxylation is 3. The summed E-state index contributed by atoms with van der Waals surface area (Å²) in [6, 6.07) is 3.88. The van der Waals surface area contributed by atoms with Crippen molar-refractivity contribution in [1.82, 2.24) is 14.5 Å². The van der Waals surface area contributed by atoms with Crippen LogP contribution in [0.5, 0.6) is 0 Å². The summed E-state index contributed by atoms with van der Waals surface area (Å²) in [5.41, 5.74) is 3.04. The van der Waals surface area contributed by atoms with Crippen LogP contribution in [0.25, 0.3) is 11.3 Å². The van der Waals surface area contributed by atoms with Crippen LogP contribution in [-0.2, 0) is 7.05 Å². The monoisotopic (exact) mass is 342 g/mol. The van der Waals surface area contributed by atoms with Crippen molar-refractivity contribution in [2.45, 2.75) is 19.8 Å². The first-order valence-corrected chi connectivity index (χ1v) is 8.70. The molecule has 0 spiro atoms. The molecule has 0 radical (unpaired) electrons. The van der Waals surface area contributed by atoms with Crippen LogP contribution in [0.4, 0.5) is 0 Å². The number of aromatic nitrogens is 3.